The molecule has 154 valence electrons. The van der Waals surface area contributed by atoms with Crippen molar-refractivity contribution in [1.82, 2.24) is 14.7 Å². The normalized spacial score (nSPS) is 11.1. The zero-order chi connectivity index (χ0) is 20.8. The van der Waals surface area contributed by atoms with Crippen LogP contribution in [0.1, 0.15) is 61.3 Å². The van der Waals surface area contributed by atoms with Crippen LogP contribution in [-0.2, 0) is 19.5 Å². The quantitative estimate of drug-likeness (QED) is 0.538. The summed E-state index contributed by atoms with van der Waals surface area (Å²) in [6, 6.07) is 10.9. The number of aromatic nitrogens is 2. The maximum Gasteiger partial charge on any atom is 0.274 e. The number of unbranched alkanes of at least 4 members (excludes halogenated alkanes) is 2. The van der Waals surface area contributed by atoms with Crippen molar-refractivity contribution in [3.05, 3.63) is 63.8 Å². The molecule has 1 amide bonds. The Labute approximate surface area is 171 Å². The molecule has 29 heavy (non-hydrogen) atoms. The number of fused-ring (bicyclic) bond motifs is 1. The molecule has 6 nitrogen and oxygen atoms in total. The first-order valence-corrected chi connectivity index (χ1v) is 10.4. The number of para-hydroxylation sites is 1. The van der Waals surface area contributed by atoms with Crippen LogP contribution in [-0.4, -0.2) is 27.6 Å². The van der Waals surface area contributed by atoms with Crippen molar-refractivity contribution in [2.45, 2.75) is 59.0 Å². The highest BCUT2D eigenvalue weighted by molar-refractivity contribution is 5.92. The van der Waals surface area contributed by atoms with Gasteiger partial charge in [-0.25, -0.2) is 4.68 Å². The molecule has 3 rings (SSSR count). The maximum atomic E-state index is 13.0. The lowest BCUT2D eigenvalue weighted by Gasteiger charge is -2.17. The highest BCUT2D eigenvalue weighted by atomic mass is 16.3. The van der Waals surface area contributed by atoms with E-state index in [9.17, 15) is 9.59 Å². The minimum absolute atomic E-state index is 0.180. The molecule has 0 unspecified atom stereocenters. The third-order valence-electron chi connectivity index (χ3n) is 5.09. The second-order valence-electron chi connectivity index (χ2n) is 7.40. The fourth-order valence-electron chi connectivity index (χ4n) is 3.40. The summed E-state index contributed by atoms with van der Waals surface area (Å²) >= 11 is 0. The minimum Gasteiger partial charge on any atom is -0.461 e. The number of hydrogen-bond acceptors (Lipinski definition) is 4. The van der Waals surface area contributed by atoms with Gasteiger partial charge in [-0.3, -0.25) is 9.59 Å². The van der Waals surface area contributed by atoms with Crippen molar-refractivity contribution in [1.29, 1.82) is 0 Å². The van der Waals surface area contributed by atoms with Gasteiger partial charge in [-0.1, -0.05) is 44.9 Å². The Morgan fingerprint density at radius 1 is 1.10 bits per heavy atom. The molecule has 0 aliphatic rings. The summed E-state index contributed by atoms with van der Waals surface area (Å²) in [4.78, 5) is 26.6. The SMILES string of the molecule is CCCCc1oc2ccccc2c1CN(C)C(=O)c1ccc(=O)n(CCCC)n1. The second-order valence-corrected chi connectivity index (χ2v) is 7.40. The van der Waals surface area contributed by atoms with E-state index in [4.69, 9.17) is 4.42 Å². The number of carbonyl (C=O) groups excluding carboxylic acids is 1. The third-order valence-corrected chi connectivity index (χ3v) is 5.09. The summed E-state index contributed by atoms with van der Waals surface area (Å²) in [5.74, 6) is 0.732. The molecule has 0 aliphatic carbocycles. The zero-order valence-electron chi connectivity index (χ0n) is 17.5. The first-order chi connectivity index (χ1) is 14.0. The summed E-state index contributed by atoms with van der Waals surface area (Å²) < 4.78 is 7.45. The predicted octanol–water partition coefficient (Wildman–Crippen LogP) is 4.40. The summed E-state index contributed by atoms with van der Waals surface area (Å²) in [6.07, 6.45) is 4.77. The molecule has 6 heteroatoms. The third kappa shape index (κ3) is 4.75. The van der Waals surface area contributed by atoms with Crippen molar-refractivity contribution in [3.8, 4) is 0 Å². The Hall–Kier alpha value is -2.89. The largest absolute Gasteiger partial charge is 0.461 e. The first-order valence-electron chi connectivity index (χ1n) is 10.4. The molecule has 0 saturated heterocycles. The van der Waals surface area contributed by atoms with Gasteiger partial charge in [0, 0.05) is 43.6 Å². The van der Waals surface area contributed by atoms with Crippen LogP contribution < -0.4 is 5.56 Å². The predicted molar refractivity (Wildman–Crippen MR) is 114 cm³/mol. The van der Waals surface area contributed by atoms with Crippen LogP contribution >= 0.6 is 0 Å². The lowest BCUT2D eigenvalue weighted by atomic mass is 10.1. The van der Waals surface area contributed by atoms with Gasteiger partial charge in [-0.05, 0) is 25.0 Å². The number of benzene rings is 1. The summed E-state index contributed by atoms with van der Waals surface area (Å²) in [5, 5.41) is 5.32. The summed E-state index contributed by atoms with van der Waals surface area (Å²) in [5.41, 5.74) is 2.00. The van der Waals surface area contributed by atoms with Crippen LogP contribution in [0.3, 0.4) is 0 Å². The molecule has 0 atom stereocenters. The Morgan fingerprint density at radius 3 is 2.62 bits per heavy atom. The number of aryl methyl sites for hydroxylation is 2. The van der Waals surface area contributed by atoms with E-state index in [1.807, 2.05) is 24.3 Å². The molecule has 0 N–H and O–H groups in total. The van der Waals surface area contributed by atoms with E-state index in [1.165, 1.54) is 16.8 Å². The molecule has 0 radical (unpaired) electrons. The van der Waals surface area contributed by atoms with Crippen LogP contribution in [0.25, 0.3) is 11.0 Å². The Kier molecular flexibility index (Phi) is 6.86. The Bertz CT molecular complexity index is 1040. The molecule has 3 aromatic rings. The van der Waals surface area contributed by atoms with Gasteiger partial charge in [-0.15, -0.1) is 0 Å². The van der Waals surface area contributed by atoms with Gasteiger partial charge in [0.1, 0.15) is 17.0 Å². The first kappa shape index (κ1) is 20.8. The summed E-state index contributed by atoms with van der Waals surface area (Å²) in [6.45, 7) is 5.16. The Morgan fingerprint density at radius 2 is 1.86 bits per heavy atom. The zero-order valence-corrected chi connectivity index (χ0v) is 17.5. The van der Waals surface area contributed by atoms with Crippen LogP contribution in [0.15, 0.2) is 45.6 Å². The molecule has 0 spiro atoms. The van der Waals surface area contributed by atoms with Crippen LogP contribution in [0.2, 0.25) is 0 Å². The van der Waals surface area contributed by atoms with E-state index >= 15 is 0 Å². The highest BCUT2D eigenvalue weighted by Gasteiger charge is 2.20. The van der Waals surface area contributed by atoms with E-state index in [0.29, 0.717) is 13.1 Å². The van der Waals surface area contributed by atoms with Gasteiger partial charge in [0.05, 0.1) is 0 Å². The van der Waals surface area contributed by atoms with Gasteiger partial charge >= 0.3 is 0 Å². The van der Waals surface area contributed by atoms with Crippen LogP contribution in [0, 0.1) is 0 Å². The number of hydrogen-bond donors (Lipinski definition) is 0. The lowest BCUT2D eigenvalue weighted by Crippen LogP contribution is -2.31. The molecule has 0 bridgehead atoms. The molecular weight excluding hydrogens is 366 g/mol. The molecule has 0 fully saturated rings. The topological polar surface area (TPSA) is 68.3 Å². The van der Waals surface area contributed by atoms with E-state index < -0.39 is 0 Å². The van der Waals surface area contributed by atoms with Gasteiger partial charge in [0.2, 0.25) is 0 Å². The van der Waals surface area contributed by atoms with Crippen molar-refractivity contribution in [2.75, 3.05) is 7.05 Å². The van der Waals surface area contributed by atoms with E-state index in [0.717, 1.165) is 54.4 Å². The highest BCUT2D eigenvalue weighted by Crippen LogP contribution is 2.28. The van der Waals surface area contributed by atoms with E-state index in [-0.39, 0.29) is 17.2 Å². The van der Waals surface area contributed by atoms with E-state index in [2.05, 4.69) is 18.9 Å². The number of rotatable bonds is 9. The minimum atomic E-state index is -0.207. The van der Waals surface area contributed by atoms with Crippen molar-refractivity contribution >= 4 is 16.9 Å². The van der Waals surface area contributed by atoms with Gasteiger partial charge in [-0.2, -0.15) is 5.10 Å². The van der Waals surface area contributed by atoms with Crippen LogP contribution in [0.5, 0.6) is 0 Å². The number of nitrogens with zero attached hydrogens (tertiary/aromatic N) is 3. The molecule has 1 aromatic carbocycles. The molecular formula is C23H29N3O3. The number of amides is 1. The van der Waals surface area contributed by atoms with Crippen LogP contribution in [0.4, 0.5) is 0 Å². The van der Waals surface area contributed by atoms with Crippen molar-refractivity contribution in [2.24, 2.45) is 0 Å². The molecule has 0 aliphatic heterocycles. The van der Waals surface area contributed by atoms with Crippen molar-refractivity contribution < 1.29 is 9.21 Å². The molecule has 2 aromatic heterocycles. The average molecular weight is 396 g/mol. The fraction of sp³-hybridized carbons (Fsp3) is 0.435. The molecule has 2 heterocycles. The number of furan rings is 1. The van der Waals surface area contributed by atoms with Gasteiger partial charge < -0.3 is 9.32 Å². The van der Waals surface area contributed by atoms with Crippen molar-refractivity contribution in [3.63, 3.8) is 0 Å². The summed E-state index contributed by atoms with van der Waals surface area (Å²) in [7, 11) is 1.76. The average Bonchev–Trinajstić information content (AvgIpc) is 3.08. The Balaban J connectivity index is 1.85. The molecule has 0 saturated carbocycles. The van der Waals surface area contributed by atoms with E-state index in [1.54, 1.807) is 11.9 Å². The second kappa shape index (κ2) is 9.54. The monoisotopic (exact) mass is 395 g/mol. The fourth-order valence-corrected chi connectivity index (χ4v) is 3.40. The smallest absolute Gasteiger partial charge is 0.274 e. The lowest BCUT2D eigenvalue weighted by molar-refractivity contribution is 0.0776. The number of carbonyl (C=O) groups is 1. The van der Waals surface area contributed by atoms with Gasteiger partial charge in [0.15, 0.2) is 0 Å². The van der Waals surface area contributed by atoms with Gasteiger partial charge in [0.25, 0.3) is 11.5 Å². The standard InChI is InChI=1S/C23H29N3O3/c1-4-6-11-21-18(17-10-8-9-12-20(17)29-21)16-25(3)23(28)19-13-14-22(27)26(24-19)15-7-5-2/h8-10,12-14H,4-7,11,15-16H2,1-3H3. The maximum absolute atomic E-state index is 13.0.